The van der Waals surface area contributed by atoms with Gasteiger partial charge in [0.15, 0.2) is 5.13 Å². The first kappa shape index (κ1) is 30.6. The number of sulfonamides is 1. The molecule has 0 spiro atoms. The van der Waals surface area contributed by atoms with Crippen LogP contribution in [0.3, 0.4) is 0 Å². The number of nitrogens with zero attached hydrogens (tertiary/aromatic N) is 3. The fourth-order valence-electron chi connectivity index (χ4n) is 4.86. The number of hydrogen-bond donors (Lipinski definition) is 2. The van der Waals surface area contributed by atoms with Crippen LogP contribution in [0.2, 0.25) is 10.2 Å². The van der Waals surface area contributed by atoms with Crippen LogP contribution in [0.5, 0.6) is 0 Å². The number of thiazole rings is 1. The molecule has 14 heteroatoms. The van der Waals surface area contributed by atoms with Crippen LogP contribution in [-0.2, 0) is 24.3 Å². The zero-order valence-electron chi connectivity index (χ0n) is 21.8. The highest BCUT2D eigenvalue weighted by molar-refractivity contribution is 7.89. The molecule has 1 aliphatic rings. The fraction of sp³-hybridized carbons (Fsp3) is 0.462. The average Bonchev–Trinajstić information content (AvgIpc) is 3.55. The van der Waals surface area contributed by atoms with Crippen molar-refractivity contribution in [1.29, 1.82) is 0 Å². The highest BCUT2D eigenvalue weighted by Crippen LogP contribution is 2.37. The minimum absolute atomic E-state index is 0.0286. The van der Waals surface area contributed by atoms with Crippen LogP contribution in [0.1, 0.15) is 50.0 Å². The zero-order valence-corrected chi connectivity index (χ0v) is 25.0. The highest BCUT2D eigenvalue weighted by Gasteiger charge is 2.31. The van der Waals surface area contributed by atoms with E-state index in [-0.39, 0.29) is 41.9 Å². The molecule has 0 radical (unpaired) electrons. The average molecular weight is 630 g/mol. The van der Waals surface area contributed by atoms with Gasteiger partial charge in [0.25, 0.3) is 0 Å². The molecule has 2 N–H and O–H groups in total. The molecule has 1 fully saturated rings. The maximum absolute atomic E-state index is 13.6. The topological polar surface area (TPSA) is 139 Å². The van der Waals surface area contributed by atoms with E-state index in [1.54, 1.807) is 18.2 Å². The van der Waals surface area contributed by atoms with Gasteiger partial charge in [-0.1, -0.05) is 66.3 Å². The Balaban J connectivity index is 1.61. The molecule has 1 amide bonds. The number of fused-ring (bicyclic) bond motifs is 1. The molecule has 1 aliphatic carbocycles. The van der Waals surface area contributed by atoms with Crippen molar-refractivity contribution in [3.63, 3.8) is 0 Å². The number of methoxy groups -OCH3 is 1. The minimum Gasteiger partial charge on any atom is -0.481 e. The molecular formula is C26H30Cl2N4O6S2. The number of carboxylic acid groups (broad SMARTS) is 1. The number of ether oxygens (including phenoxy) is 1. The Hall–Kier alpha value is -2.35. The Labute approximate surface area is 246 Å². The van der Waals surface area contributed by atoms with E-state index in [0.717, 1.165) is 30.0 Å². The summed E-state index contributed by atoms with van der Waals surface area (Å²) in [7, 11) is -2.69. The molecule has 0 bridgehead atoms. The van der Waals surface area contributed by atoms with Gasteiger partial charge in [0.05, 0.1) is 24.0 Å². The lowest BCUT2D eigenvalue weighted by atomic mass is 9.87. The number of carbonyl (C=O) groups excluding carboxylic acids is 1. The molecule has 10 nitrogen and oxygen atoms in total. The number of hydrogen-bond acceptors (Lipinski definition) is 8. The van der Waals surface area contributed by atoms with E-state index in [9.17, 15) is 18.0 Å². The number of nitrogens with one attached hydrogen (secondary N) is 1. The number of amides is 1. The monoisotopic (exact) mass is 628 g/mol. The second kappa shape index (κ2) is 13.5. The van der Waals surface area contributed by atoms with Crippen LogP contribution >= 0.6 is 34.5 Å². The summed E-state index contributed by atoms with van der Waals surface area (Å²) in [6, 6.07) is 7.86. The van der Waals surface area contributed by atoms with Crippen LogP contribution < -0.4 is 5.32 Å². The number of carbonyl (C=O) groups is 2. The molecule has 0 saturated heterocycles. The molecule has 3 aromatic rings. The molecule has 216 valence electrons. The third-order valence-electron chi connectivity index (χ3n) is 6.91. The van der Waals surface area contributed by atoms with Gasteiger partial charge in [-0.2, -0.15) is 4.31 Å². The molecule has 2 aromatic heterocycles. The van der Waals surface area contributed by atoms with Crippen molar-refractivity contribution in [2.75, 3.05) is 32.1 Å². The Morgan fingerprint density at radius 1 is 1.18 bits per heavy atom. The first-order chi connectivity index (χ1) is 19.1. The van der Waals surface area contributed by atoms with E-state index in [1.807, 2.05) is 0 Å². The Bertz CT molecular complexity index is 1480. The SMILES string of the molecule is COCCN(CCC(=O)O)S(=O)(=O)c1ccc([C@@H](CC2CCCC2)C(=O)Nc2nc3ccc(Cl)nc3s2)cc1Cl. The second-order valence-electron chi connectivity index (χ2n) is 9.64. The van der Waals surface area contributed by atoms with Crippen LogP contribution in [0.25, 0.3) is 10.3 Å². The Morgan fingerprint density at radius 3 is 2.60 bits per heavy atom. The summed E-state index contributed by atoms with van der Waals surface area (Å²) < 4.78 is 32.9. The van der Waals surface area contributed by atoms with Gasteiger partial charge >= 0.3 is 5.97 Å². The van der Waals surface area contributed by atoms with Crippen molar-refractivity contribution in [2.45, 2.75) is 49.3 Å². The number of pyridine rings is 1. The molecular weight excluding hydrogens is 599 g/mol. The van der Waals surface area contributed by atoms with E-state index in [0.29, 0.717) is 38.5 Å². The van der Waals surface area contributed by atoms with Crippen molar-refractivity contribution in [3.8, 4) is 0 Å². The number of anilines is 1. The number of carboxylic acids is 1. The Morgan fingerprint density at radius 2 is 1.93 bits per heavy atom. The summed E-state index contributed by atoms with van der Waals surface area (Å²) >= 11 is 13.7. The van der Waals surface area contributed by atoms with Gasteiger partial charge in [0.1, 0.15) is 20.4 Å². The third kappa shape index (κ3) is 7.48. The van der Waals surface area contributed by atoms with Crippen LogP contribution in [0, 0.1) is 5.92 Å². The minimum atomic E-state index is -4.12. The lowest BCUT2D eigenvalue weighted by Crippen LogP contribution is -2.36. The highest BCUT2D eigenvalue weighted by atomic mass is 35.5. The van der Waals surface area contributed by atoms with Crippen LogP contribution in [0.4, 0.5) is 5.13 Å². The van der Waals surface area contributed by atoms with Crippen molar-refractivity contribution < 1.29 is 27.9 Å². The second-order valence-corrected chi connectivity index (χ2v) is 13.3. The number of aromatic nitrogens is 2. The van der Waals surface area contributed by atoms with E-state index in [4.69, 9.17) is 33.0 Å². The van der Waals surface area contributed by atoms with Gasteiger partial charge in [-0.3, -0.25) is 9.59 Å². The summed E-state index contributed by atoms with van der Waals surface area (Å²) in [5, 5.41) is 12.7. The number of benzene rings is 1. The summed E-state index contributed by atoms with van der Waals surface area (Å²) in [5.41, 5.74) is 1.21. The molecule has 2 heterocycles. The quantitative estimate of drug-likeness (QED) is 0.239. The summed E-state index contributed by atoms with van der Waals surface area (Å²) in [4.78, 5) is 33.8. The predicted molar refractivity (Wildman–Crippen MR) is 155 cm³/mol. The molecule has 4 rings (SSSR count). The normalized spacial score (nSPS) is 15.1. The number of aliphatic carboxylic acids is 1. The van der Waals surface area contributed by atoms with E-state index >= 15 is 0 Å². The lowest BCUT2D eigenvalue weighted by Gasteiger charge is -2.23. The molecule has 0 aliphatic heterocycles. The fourth-order valence-corrected chi connectivity index (χ4v) is 7.85. The predicted octanol–water partition coefficient (Wildman–Crippen LogP) is 5.41. The summed E-state index contributed by atoms with van der Waals surface area (Å²) in [6.45, 7) is -0.168. The Kier molecular flexibility index (Phi) is 10.4. The van der Waals surface area contributed by atoms with Crippen LogP contribution in [0.15, 0.2) is 35.2 Å². The molecule has 40 heavy (non-hydrogen) atoms. The van der Waals surface area contributed by atoms with Crippen molar-refractivity contribution in [2.24, 2.45) is 5.92 Å². The van der Waals surface area contributed by atoms with Gasteiger partial charge in [0, 0.05) is 20.2 Å². The largest absolute Gasteiger partial charge is 0.481 e. The lowest BCUT2D eigenvalue weighted by molar-refractivity contribution is -0.137. The molecule has 0 unspecified atom stereocenters. The third-order valence-corrected chi connectivity index (χ3v) is 10.4. The van der Waals surface area contributed by atoms with E-state index in [2.05, 4.69) is 15.3 Å². The van der Waals surface area contributed by atoms with Gasteiger partial charge in [-0.25, -0.2) is 18.4 Å². The molecule has 1 atom stereocenters. The standard InChI is InChI=1S/C26H30Cl2N4O6S2/c1-38-13-12-32(11-10-23(33)34)40(36,37)21-8-6-17(15-19(21)27)18(14-16-4-2-3-5-16)24(35)31-26-29-20-7-9-22(28)30-25(20)39-26/h6-9,15-16,18H,2-5,10-14H2,1H3,(H,33,34)(H,29,31,35)/t18-/m1/s1. The van der Waals surface area contributed by atoms with Crippen LogP contribution in [-0.4, -0.2) is 66.5 Å². The van der Waals surface area contributed by atoms with Crippen molar-refractivity contribution >= 4 is 71.9 Å². The smallest absolute Gasteiger partial charge is 0.304 e. The number of halogens is 2. The van der Waals surface area contributed by atoms with Gasteiger partial charge in [-0.15, -0.1) is 0 Å². The molecule has 1 aromatic carbocycles. The first-order valence-corrected chi connectivity index (χ1v) is 15.8. The maximum Gasteiger partial charge on any atom is 0.304 e. The van der Waals surface area contributed by atoms with Gasteiger partial charge in [0.2, 0.25) is 15.9 Å². The van der Waals surface area contributed by atoms with Crippen molar-refractivity contribution in [1.82, 2.24) is 14.3 Å². The van der Waals surface area contributed by atoms with E-state index < -0.39 is 21.9 Å². The number of rotatable bonds is 13. The van der Waals surface area contributed by atoms with Gasteiger partial charge in [-0.05, 0) is 42.2 Å². The molecule has 1 saturated carbocycles. The summed E-state index contributed by atoms with van der Waals surface area (Å²) in [6.07, 6.45) is 4.47. The first-order valence-electron chi connectivity index (χ1n) is 12.8. The van der Waals surface area contributed by atoms with E-state index in [1.165, 1.54) is 30.6 Å². The summed E-state index contributed by atoms with van der Waals surface area (Å²) in [5.74, 6) is -1.62. The van der Waals surface area contributed by atoms with Gasteiger partial charge < -0.3 is 15.2 Å². The zero-order chi connectivity index (χ0) is 28.9. The van der Waals surface area contributed by atoms with Crippen molar-refractivity contribution in [3.05, 3.63) is 46.1 Å². The maximum atomic E-state index is 13.6.